The first kappa shape index (κ1) is 15.5. The molecule has 0 saturated heterocycles. The van der Waals surface area contributed by atoms with E-state index in [1.54, 1.807) is 12.1 Å². The van der Waals surface area contributed by atoms with Crippen LogP contribution in [0.15, 0.2) is 48.5 Å². The van der Waals surface area contributed by atoms with Crippen molar-refractivity contribution in [2.24, 2.45) is 5.73 Å². The zero-order valence-corrected chi connectivity index (χ0v) is 12.4. The van der Waals surface area contributed by atoms with E-state index in [1.807, 2.05) is 37.3 Å². The largest absolute Gasteiger partial charge is 0.494 e. The second-order valence-corrected chi connectivity index (χ2v) is 5.29. The van der Waals surface area contributed by atoms with Crippen LogP contribution in [0.3, 0.4) is 0 Å². The monoisotopic (exact) mass is 287 g/mol. The van der Waals surface area contributed by atoms with Crippen LogP contribution in [0.4, 0.5) is 4.39 Å². The summed E-state index contributed by atoms with van der Waals surface area (Å²) in [6.45, 7) is 3.21. The van der Waals surface area contributed by atoms with E-state index in [4.69, 9.17) is 10.5 Å². The average molecular weight is 287 g/mol. The first-order valence-corrected chi connectivity index (χ1v) is 7.34. The zero-order chi connectivity index (χ0) is 15.1. The van der Waals surface area contributed by atoms with Gasteiger partial charge < -0.3 is 10.5 Å². The maximum absolute atomic E-state index is 13.2. The number of halogens is 1. The topological polar surface area (TPSA) is 35.2 Å². The minimum Gasteiger partial charge on any atom is -0.494 e. The van der Waals surface area contributed by atoms with E-state index in [9.17, 15) is 4.39 Å². The molecule has 2 nitrogen and oxygen atoms in total. The molecule has 0 bridgehead atoms. The van der Waals surface area contributed by atoms with E-state index >= 15 is 0 Å². The van der Waals surface area contributed by atoms with Crippen LogP contribution in [0.25, 0.3) is 0 Å². The second kappa shape index (κ2) is 7.79. The molecule has 0 aliphatic rings. The van der Waals surface area contributed by atoms with Gasteiger partial charge in [0.1, 0.15) is 11.6 Å². The number of aryl methyl sites for hydroxylation is 1. The van der Waals surface area contributed by atoms with E-state index in [2.05, 4.69) is 0 Å². The second-order valence-electron chi connectivity index (χ2n) is 5.29. The Morgan fingerprint density at radius 3 is 2.67 bits per heavy atom. The van der Waals surface area contributed by atoms with Gasteiger partial charge in [-0.25, -0.2) is 4.39 Å². The Kier molecular flexibility index (Phi) is 5.76. The van der Waals surface area contributed by atoms with E-state index < -0.39 is 0 Å². The number of ether oxygens (including phenoxy) is 1. The molecule has 0 aliphatic carbocycles. The first-order chi connectivity index (χ1) is 10.2. The van der Waals surface area contributed by atoms with E-state index in [0.29, 0.717) is 13.2 Å². The van der Waals surface area contributed by atoms with Gasteiger partial charge in [0.2, 0.25) is 0 Å². The molecule has 0 aliphatic heterocycles. The number of hydrogen-bond donors (Lipinski definition) is 1. The van der Waals surface area contributed by atoms with Crippen molar-refractivity contribution in [2.45, 2.75) is 25.7 Å². The van der Waals surface area contributed by atoms with Gasteiger partial charge in [0.25, 0.3) is 0 Å². The summed E-state index contributed by atoms with van der Waals surface area (Å²) in [7, 11) is 0. The number of hydrogen-bond acceptors (Lipinski definition) is 2. The van der Waals surface area contributed by atoms with Gasteiger partial charge in [-0.3, -0.25) is 0 Å². The standard InChI is InChI=1S/C18H22FNO/c1-14-5-2-9-18(11-14)21-10-4-7-16(13-20)15-6-3-8-17(19)12-15/h2-3,5-6,8-9,11-12,16H,4,7,10,13,20H2,1H3. The Bertz CT molecular complexity index is 571. The Morgan fingerprint density at radius 2 is 1.95 bits per heavy atom. The molecule has 0 fully saturated rings. The molecular formula is C18H22FNO. The van der Waals surface area contributed by atoms with Gasteiger partial charge in [0.05, 0.1) is 6.61 Å². The Balaban J connectivity index is 1.81. The van der Waals surface area contributed by atoms with Crippen LogP contribution >= 0.6 is 0 Å². The molecule has 2 rings (SSSR count). The molecule has 2 aromatic rings. The smallest absolute Gasteiger partial charge is 0.123 e. The third-order valence-electron chi connectivity index (χ3n) is 3.56. The van der Waals surface area contributed by atoms with Gasteiger partial charge in [-0.15, -0.1) is 0 Å². The van der Waals surface area contributed by atoms with Crippen LogP contribution in [0.2, 0.25) is 0 Å². The molecule has 0 spiro atoms. The quantitative estimate of drug-likeness (QED) is 0.780. The van der Waals surface area contributed by atoms with Crippen LogP contribution in [0.1, 0.15) is 29.9 Å². The van der Waals surface area contributed by atoms with Crippen LogP contribution < -0.4 is 10.5 Å². The lowest BCUT2D eigenvalue weighted by atomic mass is 9.94. The summed E-state index contributed by atoms with van der Waals surface area (Å²) in [6, 6.07) is 14.7. The van der Waals surface area contributed by atoms with Crippen molar-refractivity contribution >= 4 is 0 Å². The van der Waals surface area contributed by atoms with E-state index in [0.717, 1.165) is 24.2 Å². The number of benzene rings is 2. The third kappa shape index (κ3) is 4.87. The first-order valence-electron chi connectivity index (χ1n) is 7.34. The molecule has 0 radical (unpaired) electrons. The third-order valence-corrected chi connectivity index (χ3v) is 3.56. The number of rotatable bonds is 7. The molecule has 3 heteroatoms. The Morgan fingerprint density at radius 1 is 1.14 bits per heavy atom. The Hall–Kier alpha value is -1.87. The van der Waals surface area contributed by atoms with Crippen molar-refractivity contribution in [3.63, 3.8) is 0 Å². The van der Waals surface area contributed by atoms with Gasteiger partial charge in [-0.05, 0) is 67.6 Å². The maximum atomic E-state index is 13.2. The molecule has 2 aromatic carbocycles. The van der Waals surface area contributed by atoms with Gasteiger partial charge in [0.15, 0.2) is 0 Å². The van der Waals surface area contributed by atoms with Crippen molar-refractivity contribution in [2.75, 3.05) is 13.2 Å². The predicted octanol–water partition coefficient (Wildman–Crippen LogP) is 4.04. The van der Waals surface area contributed by atoms with Crippen molar-refractivity contribution < 1.29 is 9.13 Å². The van der Waals surface area contributed by atoms with Crippen LogP contribution in [0, 0.1) is 12.7 Å². The lowest BCUT2D eigenvalue weighted by Crippen LogP contribution is -2.14. The van der Waals surface area contributed by atoms with Crippen LogP contribution in [-0.4, -0.2) is 13.2 Å². The molecule has 0 heterocycles. The lowest BCUT2D eigenvalue weighted by molar-refractivity contribution is 0.301. The summed E-state index contributed by atoms with van der Waals surface area (Å²) in [4.78, 5) is 0. The van der Waals surface area contributed by atoms with Crippen molar-refractivity contribution in [1.29, 1.82) is 0 Å². The molecule has 0 aromatic heterocycles. The van der Waals surface area contributed by atoms with Crippen molar-refractivity contribution in [3.05, 3.63) is 65.5 Å². The highest BCUT2D eigenvalue weighted by molar-refractivity contribution is 5.27. The van der Waals surface area contributed by atoms with Gasteiger partial charge in [-0.2, -0.15) is 0 Å². The minimum absolute atomic E-state index is 0.182. The Labute approximate surface area is 125 Å². The molecule has 21 heavy (non-hydrogen) atoms. The summed E-state index contributed by atoms with van der Waals surface area (Å²) in [5.41, 5.74) is 7.96. The highest BCUT2D eigenvalue weighted by Gasteiger charge is 2.10. The normalized spacial score (nSPS) is 12.1. The summed E-state index contributed by atoms with van der Waals surface area (Å²) in [5, 5.41) is 0. The zero-order valence-electron chi connectivity index (χ0n) is 12.4. The highest BCUT2D eigenvalue weighted by Crippen LogP contribution is 2.21. The van der Waals surface area contributed by atoms with Gasteiger partial charge >= 0.3 is 0 Å². The maximum Gasteiger partial charge on any atom is 0.123 e. The van der Waals surface area contributed by atoms with Crippen LogP contribution in [0.5, 0.6) is 5.75 Å². The van der Waals surface area contributed by atoms with E-state index in [1.165, 1.54) is 11.6 Å². The molecule has 0 amide bonds. The van der Waals surface area contributed by atoms with Crippen LogP contribution in [-0.2, 0) is 0 Å². The molecular weight excluding hydrogens is 265 g/mol. The molecule has 0 saturated carbocycles. The minimum atomic E-state index is -0.207. The molecule has 112 valence electrons. The number of nitrogens with two attached hydrogens (primary N) is 1. The molecule has 1 atom stereocenters. The summed E-state index contributed by atoms with van der Waals surface area (Å²) in [6.07, 6.45) is 1.79. The SMILES string of the molecule is Cc1cccc(OCCCC(CN)c2cccc(F)c2)c1. The summed E-state index contributed by atoms with van der Waals surface area (Å²) < 4.78 is 19.0. The fraction of sp³-hybridized carbons (Fsp3) is 0.333. The molecule has 1 unspecified atom stereocenters. The summed E-state index contributed by atoms with van der Waals surface area (Å²) in [5.74, 6) is 0.869. The van der Waals surface area contributed by atoms with Gasteiger partial charge in [0, 0.05) is 0 Å². The predicted molar refractivity (Wildman–Crippen MR) is 84.1 cm³/mol. The van der Waals surface area contributed by atoms with Crippen molar-refractivity contribution in [1.82, 2.24) is 0 Å². The van der Waals surface area contributed by atoms with E-state index in [-0.39, 0.29) is 11.7 Å². The molecule has 2 N–H and O–H groups in total. The van der Waals surface area contributed by atoms with Gasteiger partial charge in [-0.1, -0.05) is 24.3 Å². The fourth-order valence-electron chi connectivity index (χ4n) is 2.41. The van der Waals surface area contributed by atoms with Crippen molar-refractivity contribution in [3.8, 4) is 5.75 Å². The summed E-state index contributed by atoms with van der Waals surface area (Å²) >= 11 is 0. The highest BCUT2D eigenvalue weighted by atomic mass is 19.1. The average Bonchev–Trinajstić information content (AvgIpc) is 2.47. The lowest BCUT2D eigenvalue weighted by Gasteiger charge is -2.15. The fourth-order valence-corrected chi connectivity index (χ4v) is 2.41.